The maximum atomic E-state index is 13.2. The van der Waals surface area contributed by atoms with Crippen molar-refractivity contribution in [3.8, 4) is 11.4 Å². The highest BCUT2D eigenvalue weighted by molar-refractivity contribution is 7.19. The Morgan fingerprint density at radius 2 is 2.17 bits per heavy atom. The number of likely N-dealkylation sites (tertiary alicyclic amines) is 1. The van der Waals surface area contributed by atoms with Gasteiger partial charge in [-0.25, -0.2) is 9.97 Å². The highest BCUT2D eigenvalue weighted by Gasteiger charge is 2.29. The van der Waals surface area contributed by atoms with E-state index in [-0.39, 0.29) is 11.9 Å². The standard InChI is InChI=1S/C23H27N5OS/c1-14-7-3-4-12-28(14)23(29)15(2)25-21-19-17-9-5-10-18(17)30-22(19)27-20(26-21)16-8-6-11-24-13-16/h6,8,11,13-15H,3-5,7,9-10,12H2,1-2H3,(H,25,26,27). The number of aryl methyl sites for hydroxylation is 2. The molecule has 0 bridgehead atoms. The van der Waals surface area contributed by atoms with Gasteiger partial charge < -0.3 is 10.2 Å². The molecular formula is C23H27N5OS. The van der Waals surface area contributed by atoms with Crippen LogP contribution in [-0.2, 0) is 17.6 Å². The summed E-state index contributed by atoms with van der Waals surface area (Å²) >= 11 is 1.77. The molecule has 2 atom stereocenters. The van der Waals surface area contributed by atoms with E-state index in [2.05, 4.69) is 17.2 Å². The van der Waals surface area contributed by atoms with Crippen LogP contribution in [0.15, 0.2) is 24.5 Å². The largest absolute Gasteiger partial charge is 0.358 e. The van der Waals surface area contributed by atoms with E-state index in [9.17, 15) is 4.79 Å². The first-order valence-electron chi connectivity index (χ1n) is 10.9. The van der Waals surface area contributed by atoms with Crippen LogP contribution in [-0.4, -0.2) is 44.4 Å². The van der Waals surface area contributed by atoms with Gasteiger partial charge >= 0.3 is 0 Å². The molecule has 2 unspecified atom stereocenters. The first kappa shape index (κ1) is 19.4. The number of rotatable bonds is 4. The first-order chi connectivity index (χ1) is 14.6. The van der Waals surface area contributed by atoms with E-state index in [4.69, 9.17) is 9.97 Å². The number of nitrogens with one attached hydrogen (secondary N) is 1. The maximum absolute atomic E-state index is 13.2. The quantitative estimate of drug-likeness (QED) is 0.674. The van der Waals surface area contributed by atoms with Gasteiger partial charge in [-0.15, -0.1) is 11.3 Å². The van der Waals surface area contributed by atoms with Crippen LogP contribution >= 0.6 is 11.3 Å². The number of thiophene rings is 1. The molecule has 0 aromatic carbocycles. The molecule has 6 nitrogen and oxygen atoms in total. The monoisotopic (exact) mass is 421 g/mol. The molecule has 7 heteroatoms. The van der Waals surface area contributed by atoms with Crippen molar-refractivity contribution in [2.45, 2.75) is 64.5 Å². The van der Waals surface area contributed by atoms with Crippen molar-refractivity contribution in [1.82, 2.24) is 19.9 Å². The van der Waals surface area contributed by atoms with Crippen molar-refractivity contribution < 1.29 is 4.79 Å². The molecule has 3 aromatic rings. The average molecular weight is 422 g/mol. The minimum Gasteiger partial charge on any atom is -0.358 e. The van der Waals surface area contributed by atoms with Gasteiger partial charge in [0.15, 0.2) is 5.82 Å². The van der Waals surface area contributed by atoms with Crippen molar-refractivity contribution in [3.05, 3.63) is 35.0 Å². The summed E-state index contributed by atoms with van der Waals surface area (Å²) in [6.45, 7) is 4.95. The van der Waals surface area contributed by atoms with E-state index in [1.165, 1.54) is 23.3 Å². The fourth-order valence-electron chi connectivity index (χ4n) is 4.67. The Balaban J connectivity index is 1.52. The van der Waals surface area contributed by atoms with Crippen LogP contribution in [0.5, 0.6) is 0 Å². The van der Waals surface area contributed by atoms with E-state index < -0.39 is 0 Å². The Morgan fingerprint density at radius 3 is 2.97 bits per heavy atom. The van der Waals surface area contributed by atoms with Crippen molar-refractivity contribution >= 4 is 33.3 Å². The number of hydrogen-bond donors (Lipinski definition) is 1. The van der Waals surface area contributed by atoms with Crippen LogP contribution in [0.1, 0.15) is 50.0 Å². The van der Waals surface area contributed by atoms with Gasteiger partial charge in [0.2, 0.25) is 5.91 Å². The summed E-state index contributed by atoms with van der Waals surface area (Å²) in [6, 6.07) is 3.84. The summed E-state index contributed by atoms with van der Waals surface area (Å²) in [6.07, 6.45) is 10.3. The lowest BCUT2D eigenvalue weighted by Gasteiger charge is -2.35. The molecule has 156 valence electrons. The smallest absolute Gasteiger partial charge is 0.245 e. The minimum atomic E-state index is -0.331. The molecule has 1 amide bonds. The second-order valence-electron chi connectivity index (χ2n) is 8.42. The van der Waals surface area contributed by atoms with Crippen LogP contribution in [0.2, 0.25) is 0 Å². The van der Waals surface area contributed by atoms with E-state index in [1.807, 2.05) is 24.0 Å². The number of hydrogen-bond acceptors (Lipinski definition) is 6. The molecule has 30 heavy (non-hydrogen) atoms. The molecule has 0 radical (unpaired) electrons. The summed E-state index contributed by atoms with van der Waals surface area (Å²) in [4.78, 5) is 31.6. The van der Waals surface area contributed by atoms with Crippen LogP contribution < -0.4 is 5.32 Å². The number of amides is 1. The van der Waals surface area contributed by atoms with Gasteiger partial charge in [0.05, 0.1) is 5.39 Å². The molecular weight excluding hydrogens is 394 g/mol. The second-order valence-corrected chi connectivity index (χ2v) is 9.50. The Kier molecular flexibility index (Phi) is 5.15. The molecule has 5 rings (SSSR count). The van der Waals surface area contributed by atoms with Crippen LogP contribution in [0.4, 0.5) is 5.82 Å². The predicted molar refractivity (Wildman–Crippen MR) is 121 cm³/mol. The molecule has 1 fully saturated rings. The van der Waals surface area contributed by atoms with Crippen molar-refractivity contribution in [1.29, 1.82) is 0 Å². The van der Waals surface area contributed by atoms with Gasteiger partial charge in [-0.2, -0.15) is 0 Å². The summed E-state index contributed by atoms with van der Waals surface area (Å²) in [5.41, 5.74) is 2.25. The van der Waals surface area contributed by atoms with Gasteiger partial charge in [-0.05, 0) is 70.1 Å². The lowest BCUT2D eigenvalue weighted by atomic mass is 10.0. The molecule has 4 heterocycles. The Morgan fingerprint density at radius 1 is 1.27 bits per heavy atom. The van der Waals surface area contributed by atoms with Gasteiger partial charge in [-0.3, -0.25) is 9.78 Å². The van der Waals surface area contributed by atoms with E-state index in [1.54, 1.807) is 23.7 Å². The highest BCUT2D eigenvalue weighted by atomic mass is 32.1. The minimum absolute atomic E-state index is 0.156. The third-order valence-corrected chi connectivity index (χ3v) is 7.48. The normalized spacial score (nSPS) is 19.7. The zero-order valence-electron chi connectivity index (χ0n) is 17.5. The van der Waals surface area contributed by atoms with Crippen molar-refractivity contribution in [2.75, 3.05) is 11.9 Å². The SMILES string of the molecule is CC(Nc1nc(-c2cccnc2)nc2sc3c(c12)CCC3)C(=O)N1CCCCC1C. The highest BCUT2D eigenvalue weighted by Crippen LogP contribution is 2.40. The lowest BCUT2D eigenvalue weighted by Crippen LogP contribution is -2.48. The number of anilines is 1. The Hall–Kier alpha value is -2.54. The number of piperidine rings is 1. The fraction of sp³-hybridized carbons (Fsp3) is 0.478. The van der Waals surface area contributed by atoms with Crippen LogP contribution in [0, 0.1) is 0 Å². The molecule has 3 aromatic heterocycles. The first-order valence-corrected chi connectivity index (χ1v) is 11.7. The fourth-order valence-corrected chi connectivity index (χ4v) is 5.93. The summed E-state index contributed by atoms with van der Waals surface area (Å²) in [7, 11) is 0. The topological polar surface area (TPSA) is 71.0 Å². The third-order valence-electron chi connectivity index (χ3n) is 6.29. The van der Waals surface area contributed by atoms with Gasteiger partial charge in [0.1, 0.15) is 16.7 Å². The van der Waals surface area contributed by atoms with E-state index in [0.717, 1.165) is 53.8 Å². The van der Waals surface area contributed by atoms with Crippen molar-refractivity contribution in [3.63, 3.8) is 0 Å². The van der Waals surface area contributed by atoms with E-state index in [0.29, 0.717) is 11.9 Å². The molecule has 1 aliphatic heterocycles. The number of aromatic nitrogens is 3. The molecule has 2 aliphatic rings. The number of carbonyl (C=O) groups is 1. The summed E-state index contributed by atoms with van der Waals surface area (Å²) in [5.74, 6) is 1.59. The number of carbonyl (C=O) groups excluding carboxylic acids is 1. The molecule has 0 spiro atoms. The van der Waals surface area contributed by atoms with E-state index >= 15 is 0 Å². The average Bonchev–Trinajstić information content (AvgIpc) is 3.35. The van der Waals surface area contributed by atoms with Crippen LogP contribution in [0.3, 0.4) is 0 Å². The predicted octanol–water partition coefficient (Wildman–Crippen LogP) is 4.44. The molecule has 1 aliphatic carbocycles. The van der Waals surface area contributed by atoms with Crippen LogP contribution in [0.25, 0.3) is 21.6 Å². The summed E-state index contributed by atoms with van der Waals surface area (Å²) in [5, 5.41) is 4.58. The van der Waals surface area contributed by atoms with Crippen molar-refractivity contribution in [2.24, 2.45) is 0 Å². The Bertz CT molecular complexity index is 1080. The van der Waals surface area contributed by atoms with Gasteiger partial charge in [-0.1, -0.05) is 0 Å². The number of pyridine rings is 1. The lowest BCUT2D eigenvalue weighted by molar-refractivity contribution is -0.134. The second kappa shape index (κ2) is 7.95. The summed E-state index contributed by atoms with van der Waals surface area (Å²) < 4.78 is 0. The van der Waals surface area contributed by atoms with Gasteiger partial charge in [0, 0.05) is 35.4 Å². The molecule has 1 saturated heterocycles. The number of nitrogens with zero attached hydrogens (tertiary/aromatic N) is 4. The molecule has 1 N–H and O–H groups in total. The Labute approximate surface area is 180 Å². The van der Waals surface area contributed by atoms with Gasteiger partial charge in [0.25, 0.3) is 0 Å². The zero-order chi connectivity index (χ0) is 20.7. The third kappa shape index (κ3) is 3.45. The maximum Gasteiger partial charge on any atom is 0.245 e. The number of fused-ring (bicyclic) bond motifs is 3. The molecule has 0 saturated carbocycles. The zero-order valence-corrected chi connectivity index (χ0v) is 18.3.